The van der Waals surface area contributed by atoms with Crippen molar-refractivity contribution in [2.24, 2.45) is 0 Å². The van der Waals surface area contributed by atoms with Gasteiger partial charge in [-0.2, -0.15) is 0 Å². The molecule has 1 aromatic heterocycles. The summed E-state index contributed by atoms with van der Waals surface area (Å²) in [5.41, 5.74) is 7.24. The van der Waals surface area contributed by atoms with Crippen molar-refractivity contribution in [2.45, 2.75) is 33.0 Å². The predicted octanol–water partition coefficient (Wildman–Crippen LogP) is 2.05. The van der Waals surface area contributed by atoms with Crippen LogP contribution < -0.4 is 17.0 Å². The van der Waals surface area contributed by atoms with E-state index in [4.69, 9.17) is 5.73 Å². The first-order valence-electron chi connectivity index (χ1n) is 12.2. The Balaban J connectivity index is 1.52. The summed E-state index contributed by atoms with van der Waals surface area (Å²) in [5.74, 6) is -0.396. The zero-order valence-electron chi connectivity index (χ0n) is 20.2. The van der Waals surface area contributed by atoms with Gasteiger partial charge in [0.2, 0.25) is 0 Å². The molecule has 0 bridgehead atoms. The largest absolute Gasteiger partial charge is 0.384 e. The Morgan fingerprint density at radius 3 is 2.00 bits per heavy atom. The van der Waals surface area contributed by atoms with E-state index in [1.807, 2.05) is 48.5 Å². The Morgan fingerprint density at radius 1 is 0.800 bits per heavy atom. The van der Waals surface area contributed by atoms with E-state index in [2.05, 4.69) is 21.9 Å². The third-order valence-electron chi connectivity index (χ3n) is 6.54. The Labute approximate surface area is 205 Å². The second kappa shape index (κ2) is 11.3. The third-order valence-corrected chi connectivity index (χ3v) is 6.54. The predicted molar refractivity (Wildman–Crippen MR) is 138 cm³/mol. The molecule has 1 saturated heterocycles. The van der Waals surface area contributed by atoms with E-state index in [1.165, 1.54) is 10.1 Å². The summed E-state index contributed by atoms with van der Waals surface area (Å²) in [6.45, 7) is 6.35. The quantitative estimate of drug-likeness (QED) is 0.501. The van der Waals surface area contributed by atoms with Crippen LogP contribution in [0.5, 0.6) is 0 Å². The highest BCUT2D eigenvalue weighted by Crippen LogP contribution is 2.13. The Morgan fingerprint density at radius 2 is 1.37 bits per heavy atom. The zero-order valence-corrected chi connectivity index (χ0v) is 20.2. The molecule has 1 aliphatic heterocycles. The molecule has 1 aliphatic rings. The van der Waals surface area contributed by atoms with E-state index in [-0.39, 0.29) is 36.8 Å². The first-order chi connectivity index (χ1) is 17.0. The lowest BCUT2D eigenvalue weighted by atomic mass is 10.1. The molecule has 1 fully saturated rings. The van der Waals surface area contributed by atoms with Gasteiger partial charge in [-0.05, 0) is 37.6 Å². The van der Waals surface area contributed by atoms with Gasteiger partial charge < -0.3 is 5.73 Å². The molecule has 8 nitrogen and oxygen atoms in total. The van der Waals surface area contributed by atoms with Crippen LogP contribution in [0.2, 0.25) is 0 Å². The molecule has 35 heavy (non-hydrogen) atoms. The van der Waals surface area contributed by atoms with Crippen LogP contribution in [0, 0.1) is 0 Å². The van der Waals surface area contributed by atoms with Gasteiger partial charge in [0.05, 0.1) is 13.1 Å². The van der Waals surface area contributed by atoms with Crippen molar-refractivity contribution in [3.05, 3.63) is 98.2 Å². The van der Waals surface area contributed by atoms with E-state index in [0.717, 1.165) is 49.3 Å². The van der Waals surface area contributed by atoms with Crippen molar-refractivity contribution in [1.29, 1.82) is 0 Å². The average Bonchev–Trinajstić information content (AvgIpc) is 3.08. The number of anilines is 1. The number of rotatable bonds is 8. The molecule has 4 rings (SSSR count). The van der Waals surface area contributed by atoms with Crippen LogP contribution in [-0.4, -0.2) is 57.4 Å². The van der Waals surface area contributed by atoms with Gasteiger partial charge in [0, 0.05) is 26.2 Å². The Bertz CT molecular complexity index is 1270. The number of Topliss-reactive ketones (excluding diaryl/α,β-unsaturated/α-hetero) is 1. The highest BCUT2D eigenvalue weighted by Gasteiger charge is 2.25. The summed E-state index contributed by atoms with van der Waals surface area (Å²) < 4.78 is 2.42. The lowest BCUT2D eigenvalue weighted by molar-refractivity contribution is 0.0930. The van der Waals surface area contributed by atoms with Gasteiger partial charge in [-0.1, -0.05) is 60.7 Å². The van der Waals surface area contributed by atoms with Crippen LogP contribution in [0.1, 0.15) is 34.8 Å². The molecule has 0 unspecified atom stereocenters. The maximum absolute atomic E-state index is 13.4. The summed E-state index contributed by atoms with van der Waals surface area (Å²) in [6.07, 6.45) is 0.933. The van der Waals surface area contributed by atoms with E-state index in [1.54, 1.807) is 6.92 Å². The van der Waals surface area contributed by atoms with Crippen molar-refractivity contribution in [3.63, 3.8) is 0 Å². The van der Waals surface area contributed by atoms with Crippen LogP contribution in [0.4, 0.5) is 5.82 Å². The topological polar surface area (TPSA) is 93.6 Å². The highest BCUT2D eigenvalue weighted by molar-refractivity contribution is 6.01. The van der Waals surface area contributed by atoms with Crippen LogP contribution in [-0.2, 0) is 19.6 Å². The van der Waals surface area contributed by atoms with Gasteiger partial charge in [-0.15, -0.1) is 0 Å². The molecule has 2 N–H and O–H groups in total. The summed E-state index contributed by atoms with van der Waals surface area (Å²) in [6, 6.07) is 19.8. The summed E-state index contributed by atoms with van der Waals surface area (Å²) in [7, 11) is 0. The normalized spacial score (nSPS) is 15.1. The standard InChI is InChI=1S/C27H33N5O3/c1-2-31-26(34)24(25(28)32(27(31)35)19-22-12-7-4-8-13-22)23(33)20-30-15-9-14-29(16-17-30)18-21-10-5-3-6-11-21/h3-8,10-13H,2,9,14-20,28H2,1H3. The molecule has 2 aromatic carbocycles. The molecule has 184 valence electrons. The fourth-order valence-electron chi connectivity index (χ4n) is 4.64. The fourth-order valence-corrected chi connectivity index (χ4v) is 4.64. The van der Waals surface area contributed by atoms with Crippen LogP contribution in [0.3, 0.4) is 0 Å². The van der Waals surface area contributed by atoms with E-state index >= 15 is 0 Å². The smallest absolute Gasteiger partial charge is 0.332 e. The molecular formula is C27H33N5O3. The number of hydrogen-bond acceptors (Lipinski definition) is 6. The van der Waals surface area contributed by atoms with Crippen molar-refractivity contribution < 1.29 is 4.79 Å². The van der Waals surface area contributed by atoms with Crippen molar-refractivity contribution in [1.82, 2.24) is 18.9 Å². The Hall–Kier alpha value is -3.49. The van der Waals surface area contributed by atoms with E-state index in [9.17, 15) is 14.4 Å². The number of nitrogens with zero attached hydrogens (tertiary/aromatic N) is 4. The van der Waals surface area contributed by atoms with Gasteiger partial charge in [-0.25, -0.2) is 4.79 Å². The summed E-state index contributed by atoms with van der Waals surface area (Å²) in [4.78, 5) is 43.9. The zero-order chi connectivity index (χ0) is 24.8. The molecule has 0 atom stereocenters. The number of aromatic nitrogens is 2. The first-order valence-corrected chi connectivity index (χ1v) is 12.2. The highest BCUT2D eigenvalue weighted by atomic mass is 16.2. The maximum Gasteiger partial charge on any atom is 0.332 e. The molecule has 2 heterocycles. The number of hydrogen-bond donors (Lipinski definition) is 1. The van der Waals surface area contributed by atoms with Crippen molar-refractivity contribution >= 4 is 11.6 Å². The molecule has 0 radical (unpaired) electrons. The molecule has 8 heteroatoms. The minimum absolute atomic E-state index is 0.0564. The maximum atomic E-state index is 13.4. The summed E-state index contributed by atoms with van der Waals surface area (Å²) in [5, 5.41) is 0. The average molecular weight is 476 g/mol. The van der Waals surface area contributed by atoms with Gasteiger partial charge in [0.15, 0.2) is 5.78 Å². The number of carbonyl (C=O) groups is 1. The first kappa shape index (κ1) is 24.6. The van der Waals surface area contributed by atoms with Gasteiger partial charge >= 0.3 is 5.69 Å². The number of benzene rings is 2. The number of ketones is 1. The van der Waals surface area contributed by atoms with Gasteiger partial charge in [-0.3, -0.25) is 28.5 Å². The molecule has 0 aliphatic carbocycles. The monoisotopic (exact) mass is 475 g/mol. The molecule has 3 aromatic rings. The minimum Gasteiger partial charge on any atom is -0.384 e. The minimum atomic E-state index is -0.607. The second-order valence-electron chi connectivity index (χ2n) is 8.98. The molecule has 0 saturated carbocycles. The van der Waals surface area contributed by atoms with E-state index < -0.39 is 11.2 Å². The molecule has 0 spiro atoms. The molecule has 0 amide bonds. The number of nitrogen functional groups attached to an aromatic ring is 1. The SMILES string of the molecule is CCn1c(=O)c(C(=O)CN2CCCN(Cc3ccccc3)CC2)c(N)n(Cc2ccccc2)c1=O. The van der Waals surface area contributed by atoms with Crippen LogP contribution >= 0.6 is 0 Å². The van der Waals surface area contributed by atoms with Crippen LogP contribution in [0.15, 0.2) is 70.3 Å². The van der Waals surface area contributed by atoms with Crippen molar-refractivity contribution in [2.75, 3.05) is 38.5 Å². The third kappa shape index (κ3) is 5.78. The second-order valence-corrected chi connectivity index (χ2v) is 8.98. The van der Waals surface area contributed by atoms with E-state index in [0.29, 0.717) is 0 Å². The van der Waals surface area contributed by atoms with Gasteiger partial charge in [0.25, 0.3) is 5.56 Å². The lowest BCUT2D eigenvalue weighted by Gasteiger charge is -2.22. The Kier molecular flexibility index (Phi) is 7.94. The van der Waals surface area contributed by atoms with Gasteiger partial charge in [0.1, 0.15) is 11.4 Å². The van der Waals surface area contributed by atoms with Crippen molar-refractivity contribution in [3.8, 4) is 0 Å². The molecular weight excluding hydrogens is 442 g/mol. The van der Waals surface area contributed by atoms with Crippen LogP contribution in [0.25, 0.3) is 0 Å². The number of nitrogens with two attached hydrogens (primary N) is 1. The number of carbonyl (C=O) groups excluding carboxylic acids is 1. The fraction of sp³-hybridized carbons (Fsp3) is 0.370. The lowest BCUT2D eigenvalue weighted by Crippen LogP contribution is -2.45. The summed E-state index contributed by atoms with van der Waals surface area (Å²) >= 11 is 0.